The standard InChI is InChI=1S/C15H13BrN2O4S/c16-10-5-1-4-8-14(10)23(20,21)18-9-13(15(17)19)22-12-7-3-2-6-11(12)18/h1-8,13H,9H2,(H2,17,19). The van der Waals surface area contributed by atoms with Crippen molar-refractivity contribution in [2.45, 2.75) is 11.0 Å². The normalized spacial score (nSPS) is 17.3. The first-order valence-corrected chi connectivity index (χ1v) is 8.97. The van der Waals surface area contributed by atoms with E-state index in [1.165, 1.54) is 6.07 Å². The van der Waals surface area contributed by atoms with Crippen LogP contribution in [0.2, 0.25) is 0 Å². The summed E-state index contributed by atoms with van der Waals surface area (Å²) in [6.07, 6.45) is -1.04. The Morgan fingerprint density at radius 1 is 1.17 bits per heavy atom. The van der Waals surface area contributed by atoms with Crippen molar-refractivity contribution in [3.8, 4) is 5.75 Å². The molecular formula is C15H13BrN2O4S. The molecule has 0 spiro atoms. The minimum Gasteiger partial charge on any atom is -0.476 e. The predicted octanol–water partition coefficient (Wildman–Crippen LogP) is 1.89. The Bertz CT molecular complexity index is 869. The monoisotopic (exact) mass is 396 g/mol. The van der Waals surface area contributed by atoms with Crippen molar-refractivity contribution in [3.05, 3.63) is 53.0 Å². The van der Waals surface area contributed by atoms with Crippen LogP contribution in [0, 0.1) is 0 Å². The average Bonchev–Trinajstić information content (AvgIpc) is 2.53. The number of ether oxygens (including phenoxy) is 1. The van der Waals surface area contributed by atoms with Crippen LogP contribution >= 0.6 is 15.9 Å². The first-order chi connectivity index (χ1) is 10.9. The van der Waals surface area contributed by atoms with Crippen LogP contribution in [0.1, 0.15) is 0 Å². The van der Waals surface area contributed by atoms with E-state index in [1.807, 2.05) is 0 Å². The van der Waals surface area contributed by atoms with Crippen LogP contribution in [-0.2, 0) is 14.8 Å². The molecule has 0 fully saturated rings. The Morgan fingerprint density at radius 2 is 1.83 bits per heavy atom. The van der Waals surface area contributed by atoms with Gasteiger partial charge in [0.25, 0.3) is 15.9 Å². The lowest BCUT2D eigenvalue weighted by molar-refractivity contribution is -0.124. The molecule has 0 aliphatic carbocycles. The Hall–Kier alpha value is -2.06. The molecule has 0 saturated carbocycles. The molecule has 0 radical (unpaired) electrons. The summed E-state index contributed by atoms with van der Waals surface area (Å²) in [5.41, 5.74) is 5.68. The van der Waals surface area contributed by atoms with Gasteiger partial charge in [0.2, 0.25) is 0 Å². The molecule has 0 saturated heterocycles. The van der Waals surface area contributed by atoms with Gasteiger partial charge in [0.15, 0.2) is 6.10 Å². The zero-order chi connectivity index (χ0) is 16.6. The number of hydrogen-bond donors (Lipinski definition) is 1. The second-order valence-electron chi connectivity index (χ2n) is 4.94. The van der Waals surface area contributed by atoms with E-state index < -0.39 is 22.0 Å². The maximum absolute atomic E-state index is 13.0. The minimum absolute atomic E-state index is 0.111. The predicted molar refractivity (Wildman–Crippen MR) is 88.7 cm³/mol. The summed E-state index contributed by atoms with van der Waals surface area (Å²) in [6.45, 7) is -0.171. The highest BCUT2D eigenvalue weighted by Gasteiger charge is 2.37. The summed E-state index contributed by atoms with van der Waals surface area (Å²) in [5.74, 6) is -0.412. The number of benzene rings is 2. The molecule has 2 aromatic carbocycles. The number of anilines is 1. The molecule has 3 rings (SSSR count). The molecule has 8 heteroatoms. The molecule has 2 aromatic rings. The number of fused-ring (bicyclic) bond motifs is 1. The van der Waals surface area contributed by atoms with Crippen molar-refractivity contribution in [2.75, 3.05) is 10.8 Å². The van der Waals surface area contributed by atoms with Crippen molar-refractivity contribution in [1.29, 1.82) is 0 Å². The van der Waals surface area contributed by atoms with E-state index in [0.29, 0.717) is 15.9 Å². The van der Waals surface area contributed by atoms with Crippen LogP contribution in [0.5, 0.6) is 5.75 Å². The molecular weight excluding hydrogens is 384 g/mol. The summed E-state index contributed by atoms with van der Waals surface area (Å²) >= 11 is 3.25. The summed E-state index contributed by atoms with van der Waals surface area (Å²) in [4.78, 5) is 11.6. The molecule has 23 heavy (non-hydrogen) atoms. The highest BCUT2D eigenvalue weighted by atomic mass is 79.9. The molecule has 1 amide bonds. The van der Waals surface area contributed by atoms with Crippen LogP contribution in [0.4, 0.5) is 5.69 Å². The summed E-state index contributed by atoms with van der Waals surface area (Å²) < 4.78 is 33.1. The molecule has 0 bridgehead atoms. The van der Waals surface area contributed by atoms with Gasteiger partial charge >= 0.3 is 0 Å². The number of rotatable bonds is 3. The van der Waals surface area contributed by atoms with Crippen molar-refractivity contribution < 1.29 is 17.9 Å². The summed E-state index contributed by atoms with van der Waals surface area (Å²) in [6, 6.07) is 13.1. The van der Waals surface area contributed by atoms with Gasteiger partial charge in [-0.1, -0.05) is 24.3 Å². The van der Waals surface area contributed by atoms with Crippen LogP contribution in [-0.4, -0.2) is 27.0 Å². The number of amides is 1. The lowest BCUT2D eigenvalue weighted by Crippen LogP contribution is -2.49. The lowest BCUT2D eigenvalue weighted by Gasteiger charge is -2.34. The van der Waals surface area contributed by atoms with Crippen molar-refractivity contribution >= 4 is 37.5 Å². The molecule has 0 aromatic heterocycles. The first-order valence-electron chi connectivity index (χ1n) is 6.73. The third-order valence-electron chi connectivity index (χ3n) is 3.46. The maximum atomic E-state index is 13.0. The fraction of sp³-hybridized carbons (Fsp3) is 0.133. The van der Waals surface area contributed by atoms with Gasteiger partial charge in [-0.2, -0.15) is 0 Å². The fourth-order valence-electron chi connectivity index (χ4n) is 2.35. The topological polar surface area (TPSA) is 89.7 Å². The Kier molecular flexibility index (Phi) is 4.03. The molecule has 1 aliphatic rings. The van der Waals surface area contributed by atoms with Gasteiger partial charge < -0.3 is 10.5 Å². The zero-order valence-electron chi connectivity index (χ0n) is 11.8. The van der Waals surface area contributed by atoms with Gasteiger partial charge in [-0.25, -0.2) is 8.42 Å². The van der Waals surface area contributed by atoms with E-state index in [1.54, 1.807) is 42.5 Å². The third-order valence-corrected chi connectivity index (χ3v) is 6.25. The van der Waals surface area contributed by atoms with Gasteiger partial charge in [-0.3, -0.25) is 9.10 Å². The average molecular weight is 397 g/mol. The van der Waals surface area contributed by atoms with E-state index in [-0.39, 0.29) is 11.4 Å². The van der Waals surface area contributed by atoms with E-state index >= 15 is 0 Å². The maximum Gasteiger partial charge on any atom is 0.265 e. The van der Waals surface area contributed by atoms with E-state index in [0.717, 1.165) is 4.31 Å². The van der Waals surface area contributed by atoms with Crippen molar-refractivity contribution in [1.82, 2.24) is 0 Å². The van der Waals surface area contributed by atoms with Crippen LogP contribution in [0.25, 0.3) is 0 Å². The minimum atomic E-state index is -3.87. The van der Waals surface area contributed by atoms with E-state index in [9.17, 15) is 13.2 Å². The molecule has 1 unspecified atom stereocenters. The number of sulfonamides is 1. The quantitative estimate of drug-likeness (QED) is 0.857. The van der Waals surface area contributed by atoms with Gasteiger partial charge in [0, 0.05) is 4.47 Å². The molecule has 6 nitrogen and oxygen atoms in total. The molecule has 120 valence electrons. The number of carbonyl (C=O) groups excluding carboxylic acids is 1. The van der Waals surface area contributed by atoms with Gasteiger partial charge in [-0.15, -0.1) is 0 Å². The number of para-hydroxylation sites is 2. The summed E-state index contributed by atoms with van der Waals surface area (Å²) in [7, 11) is -3.87. The molecule has 1 atom stereocenters. The number of hydrogen-bond acceptors (Lipinski definition) is 4. The highest BCUT2D eigenvalue weighted by Crippen LogP contribution is 2.37. The molecule has 2 N–H and O–H groups in total. The van der Waals surface area contributed by atoms with Gasteiger partial charge in [-0.05, 0) is 40.2 Å². The smallest absolute Gasteiger partial charge is 0.265 e. The number of halogens is 1. The number of primary amides is 1. The van der Waals surface area contributed by atoms with E-state index in [4.69, 9.17) is 10.5 Å². The number of carbonyl (C=O) groups is 1. The van der Waals surface area contributed by atoms with Gasteiger partial charge in [0.1, 0.15) is 10.6 Å². The lowest BCUT2D eigenvalue weighted by atomic mass is 10.2. The zero-order valence-corrected chi connectivity index (χ0v) is 14.2. The van der Waals surface area contributed by atoms with Crippen molar-refractivity contribution in [3.63, 3.8) is 0 Å². The van der Waals surface area contributed by atoms with Crippen LogP contribution in [0.15, 0.2) is 57.9 Å². The molecule has 1 aliphatic heterocycles. The summed E-state index contributed by atoms with van der Waals surface area (Å²) in [5, 5.41) is 0. The Balaban J connectivity index is 2.14. The second-order valence-corrected chi connectivity index (χ2v) is 7.63. The second kappa shape index (κ2) is 5.86. The number of nitrogens with zero attached hydrogens (tertiary/aromatic N) is 1. The van der Waals surface area contributed by atoms with Gasteiger partial charge in [0.05, 0.1) is 12.2 Å². The van der Waals surface area contributed by atoms with E-state index in [2.05, 4.69) is 15.9 Å². The van der Waals surface area contributed by atoms with Crippen molar-refractivity contribution in [2.24, 2.45) is 5.73 Å². The largest absolute Gasteiger partial charge is 0.476 e. The van der Waals surface area contributed by atoms with Crippen LogP contribution in [0.3, 0.4) is 0 Å². The first kappa shape index (κ1) is 15.8. The highest BCUT2D eigenvalue weighted by molar-refractivity contribution is 9.10. The number of nitrogens with two attached hydrogens (primary N) is 1. The third kappa shape index (κ3) is 2.79. The Labute approximate surface area is 142 Å². The SMILES string of the molecule is NC(=O)C1CN(S(=O)(=O)c2ccccc2Br)c2ccccc2O1. The molecule has 1 heterocycles. The Morgan fingerprint density at radius 3 is 2.52 bits per heavy atom. The van der Waals surface area contributed by atoms with Crippen LogP contribution < -0.4 is 14.8 Å². The fourth-order valence-corrected chi connectivity index (χ4v) is 4.79.